The van der Waals surface area contributed by atoms with E-state index < -0.39 is 5.91 Å². The van der Waals surface area contributed by atoms with Crippen molar-refractivity contribution in [2.24, 2.45) is 19.8 Å². The van der Waals surface area contributed by atoms with Crippen molar-refractivity contribution in [1.29, 1.82) is 0 Å². The zero-order chi connectivity index (χ0) is 23.0. The quantitative estimate of drug-likeness (QED) is 0.654. The average molecular weight is 437 g/mol. The van der Waals surface area contributed by atoms with Crippen molar-refractivity contribution in [2.75, 3.05) is 6.54 Å². The van der Waals surface area contributed by atoms with Crippen LogP contribution in [0.5, 0.6) is 0 Å². The van der Waals surface area contributed by atoms with Crippen molar-refractivity contribution in [3.05, 3.63) is 57.5 Å². The predicted octanol–water partition coefficient (Wildman–Crippen LogP) is 1.76. The molecule has 1 fully saturated rings. The van der Waals surface area contributed by atoms with E-state index in [1.165, 1.54) is 6.20 Å². The second kappa shape index (κ2) is 8.57. The third-order valence-electron chi connectivity index (χ3n) is 6.35. The summed E-state index contributed by atoms with van der Waals surface area (Å²) in [6.07, 6.45) is 5.13. The first kappa shape index (κ1) is 21.7. The molecule has 9 nitrogen and oxygen atoms in total. The number of benzene rings is 1. The van der Waals surface area contributed by atoms with E-state index in [9.17, 15) is 14.4 Å². The van der Waals surface area contributed by atoms with Crippen molar-refractivity contribution in [2.45, 2.75) is 45.1 Å². The summed E-state index contributed by atoms with van der Waals surface area (Å²) >= 11 is 0. The predicted molar refractivity (Wildman–Crippen MR) is 120 cm³/mol. The smallest absolute Gasteiger partial charge is 0.328 e. The van der Waals surface area contributed by atoms with Crippen LogP contribution < -0.4 is 11.4 Å². The molecule has 0 aliphatic carbocycles. The van der Waals surface area contributed by atoms with Crippen molar-refractivity contribution in [3.8, 4) is 0 Å². The Bertz CT molecular complexity index is 1260. The molecular formula is C23H28N6O3. The molecule has 1 aliphatic heterocycles. The van der Waals surface area contributed by atoms with Gasteiger partial charge in [0.2, 0.25) is 5.91 Å². The SMILES string of the molecule is Cc1nc(C2CCCCN2C(=O)CCc2ccc3c(c2)n(C)c(=O)n3C)ncc1C(N)=O. The lowest BCUT2D eigenvalue weighted by Crippen LogP contribution is -2.39. The van der Waals surface area contributed by atoms with E-state index in [-0.39, 0.29) is 17.6 Å². The highest BCUT2D eigenvalue weighted by Crippen LogP contribution is 2.30. The number of carbonyl (C=O) groups is 2. The maximum atomic E-state index is 13.1. The zero-order valence-electron chi connectivity index (χ0n) is 18.7. The van der Waals surface area contributed by atoms with E-state index in [0.717, 1.165) is 35.9 Å². The Morgan fingerprint density at radius 2 is 1.91 bits per heavy atom. The first-order chi connectivity index (χ1) is 15.3. The Balaban J connectivity index is 1.51. The average Bonchev–Trinajstić information content (AvgIpc) is 3.00. The molecule has 3 aromatic rings. The second-order valence-corrected chi connectivity index (χ2v) is 8.41. The van der Waals surface area contributed by atoms with Crippen LogP contribution in [-0.4, -0.2) is 42.4 Å². The summed E-state index contributed by atoms with van der Waals surface area (Å²) in [6.45, 7) is 2.39. The molecule has 4 rings (SSSR count). The largest absolute Gasteiger partial charge is 0.365 e. The van der Waals surface area contributed by atoms with Gasteiger partial charge in [0.1, 0.15) is 0 Å². The van der Waals surface area contributed by atoms with Crippen molar-refractivity contribution in [3.63, 3.8) is 0 Å². The standard InChI is InChI=1S/C23H28N6O3/c1-14-16(21(24)31)13-25-22(26-14)18-6-4-5-11-29(18)20(30)10-8-15-7-9-17-19(12-15)28(3)23(32)27(17)2/h7,9,12-13,18H,4-6,8,10-11H2,1-3H3,(H2,24,31). The van der Waals surface area contributed by atoms with Crippen LogP contribution in [0.4, 0.5) is 0 Å². The number of nitrogens with zero attached hydrogens (tertiary/aromatic N) is 5. The number of carbonyl (C=O) groups excluding carboxylic acids is 2. The summed E-state index contributed by atoms with van der Waals surface area (Å²) < 4.78 is 3.24. The van der Waals surface area contributed by atoms with Gasteiger partial charge >= 0.3 is 5.69 Å². The van der Waals surface area contributed by atoms with Gasteiger partial charge in [-0.3, -0.25) is 18.7 Å². The van der Waals surface area contributed by atoms with Crippen LogP contribution >= 0.6 is 0 Å². The van der Waals surface area contributed by atoms with Gasteiger partial charge in [-0.25, -0.2) is 14.8 Å². The number of amides is 2. The highest BCUT2D eigenvalue weighted by molar-refractivity contribution is 5.93. The lowest BCUT2D eigenvalue weighted by molar-refractivity contribution is -0.135. The Morgan fingerprint density at radius 3 is 2.62 bits per heavy atom. The summed E-state index contributed by atoms with van der Waals surface area (Å²) in [5.41, 5.74) is 8.87. The maximum absolute atomic E-state index is 13.1. The molecule has 2 N–H and O–H groups in total. The number of nitrogens with two attached hydrogens (primary N) is 1. The zero-order valence-corrected chi connectivity index (χ0v) is 18.7. The molecule has 168 valence electrons. The molecule has 1 aromatic carbocycles. The molecule has 0 bridgehead atoms. The van der Waals surface area contributed by atoms with Gasteiger partial charge in [0.05, 0.1) is 28.3 Å². The number of fused-ring (bicyclic) bond motifs is 1. The Hall–Kier alpha value is -3.49. The van der Waals surface area contributed by atoms with Crippen LogP contribution in [0.3, 0.4) is 0 Å². The van der Waals surface area contributed by atoms with E-state index in [2.05, 4.69) is 9.97 Å². The highest BCUT2D eigenvalue weighted by atomic mass is 16.2. The number of rotatable bonds is 5. The van der Waals surface area contributed by atoms with Gasteiger partial charge in [-0.1, -0.05) is 6.07 Å². The van der Waals surface area contributed by atoms with Gasteiger partial charge in [-0.05, 0) is 50.3 Å². The molecule has 2 amide bonds. The van der Waals surface area contributed by atoms with Crippen molar-refractivity contribution >= 4 is 22.8 Å². The number of likely N-dealkylation sites (tertiary alicyclic amines) is 1. The van der Waals surface area contributed by atoms with Gasteiger partial charge in [0, 0.05) is 33.3 Å². The van der Waals surface area contributed by atoms with E-state index in [0.29, 0.717) is 36.5 Å². The monoisotopic (exact) mass is 436 g/mol. The summed E-state index contributed by atoms with van der Waals surface area (Å²) in [5.74, 6) is 0.0525. The van der Waals surface area contributed by atoms with Crippen LogP contribution in [0.1, 0.15) is 59.2 Å². The minimum atomic E-state index is -0.557. The minimum absolute atomic E-state index is 0.0528. The first-order valence-corrected chi connectivity index (χ1v) is 10.8. The van der Waals surface area contributed by atoms with Gasteiger partial charge in [-0.15, -0.1) is 0 Å². The van der Waals surface area contributed by atoms with E-state index in [1.807, 2.05) is 23.1 Å². The molecule has 9 heteroatoms. The molecule has 32 heavy (non-hydrogen) atoms. The lowest BCUT2D eigenvalue weighted by Gasteiger charge is -2.35. The third-order valence-corrected chi connectivity index (χ3v) is 6.35. The fraction of sp³-hybridized carbons (Fsp3) is 0.435. The number of hydrogen-bond acceptors (Lipinski definition) is 5. The lowest BCUT2D eigenvalue weighted by atomic mass is 9.99. The van der Waals surface area contributed by atoms with Crippen LogP contribution in [0.25, 0.3) is 11.0 Å². The van der Waals surface area contributed by atoms with E-state index in [4.69, 9.17) is 5.73 Å². The summed E-state index contributed by atoms with van der Waals surface area (Å²) in [7, 11) is 3.51. The number of primary amides is 1. The summed E-state index contributed by atoms with van der Waals surface area (Å²) in [5, 5.41) is 0. The fourth-order valence-electron chi connectivity index (χ4n) is 4.49. The number of piperidine rings is 1. The molecule has 0 saturated carbocycles. The Kier molecular flexibility index (Phi) is 5.82. The Labute approximate surface area is 185 Å². The molecular weight excluding hydrogens is 408 g/mol. The minimum Gasteiger partial charge on any atom is -0.365 e. The number of hydrogen-bond donors (Lipinski definition) is 1. The molecule has 3 heterocycles. The van der Waals surface area contributed by atoms with Gasteiger partial charge in [-0.2, -0.15) is 0 Å². The second-order valence-electron chi connectivity index (χ2n) is 8.41. The number of imidazole rings is 1. The van der Waals surface area contributed by atoms with Crippen molar-refractivity contribution < 1.29 is 9.59 Å². The fourth-order valence-corrected chi connectivity index (χ4v) is 4.49. The number of aryl methyl sites for hydroxylation is 4. The Morgan fingerprint density at radius 1 is 1.16 bits per heavy atom. The molecule has 1 atom stereocenters. The van der Waals surface area contributed by atoms with Gasteiger partial charge in [0.15, 0.2) is 5.82 Å². The molecule has 0 spiro atoms. The molecule has 2 aromatic heterocycles. The van der Waals surface area contributed by atoms with E-state index >= 15 is 0 Å². The molecule has 0 radical (unpaired) electrons. The first-order valence-electron chi connectivity index (χ1n) is 10.8. The number of aromatic nitrogens is 4. The highest BCUT2D eigenvalue weighted by Gasteiger charge is 2.30. The molecule has 1 unspecified atom stereocenters. The van der Waals surface area contributed by atoms with Crippen molar-refractivity contribution in [1.82, 2.24) is 24.0 Å². The van der Waals surface area contributed by atoms with Gasteiger partial charge < -0.3 is 10.6 Å². The van der Waals surface area contributed by atoms with Crippen LogP contribution in [0, 0.1) is 6.92 Å². The van der Waals surface area contributed by atoms with Crippen LogP contribution in [-0.2, 0) is 25.3 Å². The topological polar surface area (TPSA) is 116 Å². The normalized spacial score (nSPS) is 16.5. The molecule has 1 saturated heterocycles. The summed E-state index contributed by atoms with van der Waals surface area (Å²) in [6, 6.07) is 5.68. The third kappa shape index (κ3) is 3.90. The summed E-state index contributed by atoms with van der Waals surface area (Å²) in [4.78, 5) is 47.5. The maximum Gasteiger partial charge on any atom is 0.328 e. The van der Waals surface area contributed by atoms with Crippen LogP contribution in [0.2, 0.25) is 0 Å². The van der Waals surface area contributed by atoms with Crippen LogP contribution in [0.15, 0.2) is 29.2 Å². The molecule has 1 aliphatic rings. The van der Waals surface area contributed by atoms with Gasteiger partial charge in [0.25, 0.3) is 5.91 Å². The van der Waals surface area contributed by atoms with E-state index in [1.54, 1.807) is 30.2 Å².